The number of benzene rings is 2. The second-order valence-corrected chi connectivity index (χ2v) is 7.77. The molecule has 0 saturated heterocycles. The summed E-state index contributed by atoms with van der Waals surface area (Å²) >= 11 is 0. The van der Waals surface area contributed by atoms with Crippen molar-refractivity contribution in [3.05, 3.63) is 58.7 Å². The van der Waals surface area contributed by atoms with Gasteiger partial charge in [-0.2, -0.15) is 0 Å². The van der Waals surface area contributed by atoms with Crippen LogP contribution < -0.4 is 9.47 Å². The van der Waals surface area contributed by atoms with Crippen molar-refractivity contribution in [3.8, 4) is 11.5 Å². The van der Waals surface area contributed by atoms with Gasteiger partial charge in [0.05, 0.1) is 19.3 Å². The van der Waals surface area contributed by atoms with Crippen LogP contribution in [0.2, 0.25) is 0 Å². The zero-order valence-electron chi connectivity index (χ0n) is 16.9. The number of rotatable bonds is 4. The number of fused-ring (bicyclic) bond motifs is 2. The largest absolute Gasteiger partial charge is 0.490 e. The Bertz CT molecular complexity index is 844. The van der Waals surface area contributed by atoms with Gasteiger partial charge in [-0.15, -0.1) is 0 Å². The summed E-state index contributed by atoms with van der Waals surface area (Å²) in [4.78, 5) is 15.1. The van der Waals surface area contributed by atoms with Gasteiger partial charge in [-0.1, -0.05) is 25.5 Å². The Morgan fingerprint density at radius 1 is 1.11 bits per heavy atom. The van der Waals surface area contributed by atoms with Gasteiger partial charge in [0.1, 0.15) is 0 Å². The predicted molar refractivity (Wildman–Crippen MR) is 110 cm³/mol. The predicted octanol–water partition coefficient (Wildman–Crippen LogP) is 4.95. The molecule has 4 nitrogen and oxygen atoms in total. The molecule has 0 aliphatic carbocycles. The third kappa shape index (κ3) is 3.73. The number of hydrogen-bond acceptors (Lipinski definition) is 3. The topological polar surface area (TPSA) is 38.8 Å². The van der Waals surface area contributed by atoms with E-state index in [1.54, 1.807) is 0 Å². The highest BCUT2D eigenvalue weighted by atomic mass is 16.5. The average Bonchev–Trinajstić information content (AvgIpc) is 2.96. The molecule has 2 aliphatic heterocycles. The van der Waals surface area contributed by atoms with Gasteiger partial charge in [0.15, 0.2) is 11.5 Å². The quantitative estimate of drug-likeness (QED) is 0.754. The lowest BCUT2D eigenvalue weighted by Crippen LogP contribution is -2.38. The average molecular weight is 380 g/mol. The minimum Gasteiger partial charge on any atom is -0.490 e. The summed E-state index contributed by atoms with van der Waals surface area (Å²) in [6.45, 7) is 6.40. The number of aryl methyl sites for hydroxylation is 1. The SMILES string of the molecule is CCCCc1ccc(C(=O)N2CCc3cc4c(cc3[C@@H]2C)OCCCO4)cc1. The van der Waals surface area contributed by atoms with Gasteiger partial charge >= 0.3 is 0 Å². The fraction of sp³-hybridized carbons (Fsp3) is 0.458. The van der Waals surface area contributed by atoms with E-state index in [1.165, 1.54) is 29.5 Å². The summed E-state index contributed by atoms with van der Waals surface area (Å²) < 4.78 is 11.7. The van der Waals surface area contributed by atoms with E-state index < -0.39 is 0 Å². The van der Waals surface area contributed by atoms with E-state index in [-0.39, 0.29) is 11.9 Å². The van der Waals surface area contributed by atoms with E-state index in [9.17, 15) is 4.79 Å². The molecule has 4 heteroatoms. The molecular formula is C24H29NO3. The van der Waals surface area contributed by atoms with E-state index in [2.05, 4.69) is 38.1 Å². The van der Waals surface area contributed by atoms with E-state index in [0.29, 0.717) is 13.2 Å². The van der Waals surface area contributed by atoms with Crippen molar-refractivity contribution >= 4 is 5.91 Å². The minimum absolute atomic E-state index is 0.0215. The summed E-state index contributed by atoms with van der Waals surface area (Å²) in [5, 5.41) is 0. The Morgan fingerprint density at radius 2 is 1.82 bits per heavy atom. The molecule has 0 radical (unpaired) electrons. The molecule has 0 aromatic heterocycles. The summed E-state index contributed by atoms with van der Waals surface area (Å²) in [5.41, 5.74) is 4.50. The number of amides is 1. The Kier molecular flexibility index (Phi) is 5.56. The lowest BCUT2D eigenvalue weighted by molar-refractivity contribution is 0.0677. The van der Waals surface area contributed by atoms with Crippen molar-refractivity contribution in [2.75, 3.05) is 19.8 Å². The Labute approximate surface area is 167 Å². The summed E-state index contributed by atoms with van der Waals surface area (Å²) in [7, 11) is 0. The first-order valence-corrected chi connectivity index (χ1v) is 10.5. The lowest BCUT2D eigenvalue weighted by atomic mass is 9.92. The Balaban J connectivity index is 1.54. The molecule has 2 heterocycles. The second kappa shape index (κ2) is 8.26. The van der Waals surface area contributed by atoms with Gasteiger partial charge < -0.3 is 14.4 Å². The first-order valence-electron chi connectivity index (χ1n) is 10.5. The molecule has 0 spiro atoms. The molecule has 2 aliphatic rings. The van der Waals surface area contributed by atoms with Crippen molar-refractivity contribution in [3.63, 3.8) is 0 Å². The first-order chi connectivity index (χ1) is 13.7. The zero-order valence-corrected chi connectivity index (χ0v) is 16.9. The molecule has 0 bridgehead atoms. The molecule has 0 N–H and O–H groups in total. The van der Waals surface area contributed by atoms with E-state index in [4.69, 9.17) is 9.47 Å². The smallest absolute Gasteiger partial charge is 0.254 e. The molecule has 0 saturated carbocycles. The third-order valence-electron chi connectivity index (χ3n) is 5.83. The number of unbranched alkanes of at least 4 members (excludes halogenated alkanes) is 1. The van der Waals surface area contributed by atoms with Crippen LogP contribution in [0, 0.1) is 0 Å². The van der Waals surface area contributed by atoms with Crippen molar-refractivity contribution < 1.29 is 14.3 Å². The number of nitrogens with zero attached hydrogens (tertiary/aromatic N) is 1. The molecule has 1 atom stereocenters. The Hall–Kier alpha value is -2.49. The summed E-state index contributed by atoms with van der Waals surface area (Å²) in [6, 6.07) is 12.3. The number of carbonyl (C=O) groups excluding carboxylic acids is 1. The van der Waals surface area contributed by atoms with Crippen molar-refractivity contribution in [2.45, 2.75) is 52.0 Å². The van der Waals surface area contributed by atoms with Crippen LogP contribution in [0.3, 0.4) is 0 Å². The standard InChI is InChI=1S/C24H29NO3/c1-3-4-6-18-7-9-19(10-8-18)24(26)25-12-11-20-15-22-23(16-21(20)17(25)2)28-14-5-13-27-22/h7-10,15-17H,3-6,11-14H2,1-2H3/t17-/m0/s1. The maximum Gasteiger partial charge on any atom is 0.254 e. The van der Waals surface area contributed by atoms with Crippen molar-refractivity contribution in [1.29, 1.82) is 0 Å². The van der Waals surface area contributed by atoms with Crippen LogP contribution in [0.4, 0.5) is 0 Å². The highest BCUT2D eigenvalue weighted by Gasteiger charge is 2.30. The van der Waals surface area contributed by atoms with Gasteiger partial charge in [0.25, 0.3) is 5.91 Å². The monoisotopic (exact) mass is 379 g/mol. The van der Waals surface area contributed by atoms with Crippen LogP contribution in [0.25, 0.3) is 0 Å². The van der Waals surface area contributed by atoms with Crippen LogP contribution in [-0.4, -0.2) is 30.6 Å². The lowest BCUT2D eigenvalue weighted by Gasteiger charge is -2.36. The zero-order chi connectivity index (χ0) is 19.5. The van der Waals surface area contributed by atoms with Crippen LogP contribution >= 0.6 is 0 Å². The van der Waals surface area contributed by atoms with Crippen LogP contribution in [0.1, 0.15) is 66.2 Å². The van der Waals surface area contributed by atoms with Gasteiger partial charge in [-0.25, -0.2) is 0 Å². The van der Waals surface area contributed by atoms with Crippen LogP contribution in [-0.2, 0) is 12.8 Å². The van der Waals surface area contributed by atoms with E-state index in [0.717, 1.165) is 42.9 Å². The van der Waals surface area contributed by atoms with Crippen molar-refractivity contribution in [2.24, 2.45) is 0 Å². The normalized spacial score (nSPS) is 18.4. The fourth-order valence-electron chi connectivity index (χ4n) is 4.11. The molecule has 1 amide bonds. The molecule has 4 rings (SSSR count). The highest BCUT2D eigenvalue weighted by molar-refractivity contribution is 5.94. The fourth-order valence-corrected chi connectivity index (χ4v) is 4.11. The minimum atomic E-state index is 0.0215. The summed E-state index contributed by atoms with van der Waals surface area (Å²) in [5.74, 6) is 1.75. The number of hydrogen-bond donors (Lipinski definition) is 0. The van der Waals surface area contributed by atoms with Crippen molar-refractivity contribution in [1.82, 2.24) is 4.90 Å². The molecule has 28 heavy (non-hydrogen) atoms. The molecule has 2 aromatic rings. The molecule has 148 valence electrons. The second-order valence-electron chi connectivity index (χ2n) is 7.77. The van der Waals surface area contributed by atoms with Gasteiger partial charge in [-0.3, -0.25) is 4.79 Å². The number of carbonyl (C=O) groups is 1. The number of ether oxygens (including phenoxy) is 2. The molecular weight excluding hydrogens is 350 g/mol. The summed E-state index contributed by atoms with van der Waals surface area (Å²) in [6.07, 6.45) is 5.18. The molecule has 0 unspecified atom stereocenters. The molecule has 2 aromatic carbocycles. The van der Waals surface area contributed by atoms with E-state index >= 15 is 0 Å². The van der Waals surface area contributed by atoms with Crippen LogP contribution in [0.15, 0.2) is 36.4 Å². The maximum atomic E-state index is 13.2. The Morgan fingerprint density at radius 3 is 2.54 bits per heavy atom. The van der Waals surface area contributed by atoms with Crippen LogP contribution in [0.5, 0.6) is 11.5 Å². The van der Waals surface area contributed by atoms with Gasteiger partial charge in [-0.05, 0) is 67.1 Å². The van der Waals surface area contributed by atoms with Gasteiger partial charge in [0, 0.05) is 18.5 Å². The first kappa shape index (κ1) is 18.9. The third-order valence-corrected chi connectivity index (χ3v) is 5.83. The van der Waals surface area contributed by atoms with Gasteiger partial charge in [0.2, 0.25) is 0 Å². The molecule has 0 fully saturated rings. The maximum absolute atomic E-state index is 13.2. The van der Waals surface area contributed by atoms with E-state index in [1.807, 2.05) is 17.0 Å². The highest BCUT2D eigenvalue weighted by Crippen LogP contribution is 2.39.